The highest BCUT2D eigenvalue weighted by Gasteiger charge is 2.21. The van der Waals surface area contributed by atoms with E-state index in [1.54, 1.807) is 20.9 Å². The third-order valence-electron chi connectivity index (χ3n) is 4.71. The average Bonchev–Trinajstić information content (AvgIpc) is 3.33. The van der Waals surface area contributed by atoms with Gasteiger partial charge in [0.1, 0.15) is 0 Å². The van der Waals surface area contributed by atoms with Crippen molar-refractivity contribution in [3.63, 3.8) is 0 Å². The number of amides is 1. The number of rotatable bonds is 6. The summed E-state index contributed by atoms with van der Waals surface area (Å²) in [4.78, 5) is 19.7. The molecule has 1 amide bonds. The van der Waals surface area contributed by atoms with Gasteiger partial charge in [0.05, 0.1) is 22.1 Å². The largest absolute Gasteiger partial charge is 0.276 e. The lowest BCUT2D eigenvalue weighted by molar-refractivity contribution is -0.117. The van der Waals surface area contributed by atoms with Gasteiger partial charge in [-0.15, -0.1) is 0 Å². The van der Waals surface area contributed by atoms with E-state index in [1.165, 1.54) is 5.56 Å². The van der Waals surface area contributed by atoms with Crippen molar-refractivity contribution in [2.75, 3.05) is 4.90 Å². The predicted octanol–water partition coefficient (Wildman–Crippen LogP) is 4.89. The molecule has 0 aliphatic carbocycles. The molecular weight excluding hydrogens is 368 g/mol. The Bertz CT molecular complexity index is 1060. The normalized spacial score (nSPS) is 11.1. The van der Waals surface area contributed by atoms with Gasteiger partial charge in [-0.1, -0.05) is 42.5 Å². The lowest BCUT2D eigenvalue weighted by atomic mass is 10.1. The van der Waals surface area contributed by atoms with Crippen LogP contribution in [0.25, 0.3) is 10.2 Å². The van der Waals surface area contributed by atoms with Crippen LogP contribution in [-0.2, 0) is 24.7 Å². The van der Waals surface area contributed by atoms with E-state index in [0.29, 0.717) is 18.0 Å². The molecule has 4 rings (SSSR count). The Morgan fingerprint density at radius 3 is 2.57 bits per heavy atom. The fraction of sp³-hybridized carbons (Fsp3) is 0.227. The van der Waals surface area contributed by atoms with E-state index < -0.39 is 0 Å². The number of aryl methyl sites for hydroxylation is 3. The molecule has 2 aromatic carbocycles. The first kappa shape index (κ1) is 18.4. The van der Waals surface area contributed by atoms with Crippen LogP contribution in [0.1, 0.15) is 24.5 Å². The van der Waals surface area contributed by atoms with Gasteiger partial charge in [0.2, 0.25) is 5.91 Å². The van der Waals surface area contributed by atoms with Gasteiger partial charge in [0, 0.05) is 19.7 Å². The highest BCUT2D eigenvalue weighted by Crippen LogP contribution is 2.34. The monoisotopic (exact) mass is 390 g/mol. The molecule has 28 heavy (non-hydrogen) atoms. The summed E-state index contributed by atoms with van der Waals surface area (Å²) < 4.78 is 2.84. The number of nitrogens with zero attached hydrogens (tertiary/aromatic N) is 4. The molecule has 0 N–H and O–H groups in total. The van der Waals surface area contributed by atoms with E-state index >= 15 is 0 Å². The fourth-order valence-electron chi connectivity index (χ4n) is 3.16. The van der Waals surface area contributed by atoms with E-state index in [2.05, 4.69) is 24.2 Å². The highest BCUT2D eigenvalue weighted by atomic mass is 32.1. The first-order chi connectivity index (χ1) is 13.6. The maximum Gasteiger partial charge on any atom is 0.233 e. The molecule has 0 saturated heterocycles. The molecule has 0 radical (unpaired) electrons. The summed E-state index contributed by atoms with van der Waals surface area (Å²) in [6, 6.07) is 16.1. The zero-order chi connectivity index (χ0) is 19.5. The first-order valence-electron chi connectivity index (χ1n) is 9.39. The number of para-hydroxylation sites is 1. The molecule has 5 nitrogen and oxygen atoms in total. The molecule has 6 heteroatoms. The van der Waals surface area contributed by atoms with E-state index in [1.807, 2.05) is 55.8 Å². The van der Waals surface area contributed by atoms with Crippen molar-refractivity contribution in [2.45, 2.75) is 26.2 Å². The van der Waals surface area contributed by atoms with Gasteiger partial charge < -0.3 is 0 Å². The van der Waals surface area contributed by atoms with Crippen molar-refractivity contribution in [2.24, 2.45) is 7.05 Å². The second kappa shape index (κ2) is 7.94. The zero-order valence-corrected chi connectivity index (χ0v) is 16.8. The molecule has 0 spiro atoms. The molecule has 0 atom stereocenters. The highest BCUT2D eigenvalue weighted by molar-refractivity contribution is 7.22. The smallest absolute Gasteiger partial charge is 0.233 e. The topological polar surface area (TPSA) is 51.0 Å². The van der Waals surface area contributed by atoms with Gasteiger partial charge in [-0.05, 0) is 48.2 Å². The summed E-state index contributed by atoms with van der Waals surface area (Å²) >= 11 is 1.54. The molecule has 0 saturated carbocycles. The van der Waals surface area contributed by atoms with Gasteiger partial charge in [-0.2, -0.15) is 5.10 Å². The summed E-state index contributed by atoms with van der Waals surface area (Å²) in [5, 5.41) is 4.89. The molecule has 142 valence electrons. The van der Waals surface area contributed by atoms with Crippen LogP contribution in [0.3, 0.4) is 0 Å². The standard InChI is InChI=1S/C22H22N4OS/c1-3-16-8-11-18(12-9-16)26(21(27)13-10-17-14-23-25(2)15-17)22-24-19-6-4-5-7-20(19)28-22/h4-9,11-12,14-15H,3,10,13H2,1-2H3. The third kappa shape index (κ3) is 3.82. The number of aromatic nitrogens is 3. The number of anilines is 2. The SMILES string of the molecule is CCc1ccc(N(C(=O)CCc2cnn(C)c2)c2nc3ccccc3s2)cc1. The quantitative estimate of drug-likeness (QED) is 0.471. The molecule has 0 bridgehead atoms. The Morgan fingerprint density at radius 1 is 1.11 bits per heavy atom. The molecule has 2 heterocycles. The summed E-state index contributed by atoms with van der Waals surface area (Å²) in [7, 11) is 1.88. The zero-order valence-electron chi connectivity index (χ0n) is 16.0. The number of thiazole rings is 1. The Labute approximate surface area is 168 Å². The number of hydrogen-bond acceptors (Lipinski definition) is 4. The van der Waals surface area contributed by atoms with Crippen molar-refractivity contribution in [3.8, 4) is 0 Å². The molecule has 2 aromatic heterocycles. The van der Waals surface area contributed by atoms with E-state index in [9.17, 15) is 4.79 Å². The lowest BCUT2D eigenvalue weighted by Crippen LogP contribution is -2.26. The minimum absolute atomic E-state index is 0.0344. The summed E-state index contributed by atoms with van der Waals surface area (Å²) in [5.41, 5.74) is 4.07. The van der Waals surface area contributed by atoms with E-state index in [4.69, 9.17) is 4.98 Å². The molecular formula is C22H22N4OS. The van der Waals surface area contributed by atoms with Gasteiger partial charge in [0.15, 0.2) is 5.13 Å². The number of fused-ring (bicyclic) bond motifs is 1. The summed E-state index contributed by atoms with van der Waals surface area (Å²) in [6.45, 7) is 2.12. The van der Waals surface area contributed by atoms with Gasteiger partial charge in [-0.25, -0.2) is 4.98 Å². The minimum Gasteiger partial charge on any atom is -0.276 e. The van der Waals surface area contributed by atoms with Crippen LogP contribution in [0.5, 0.6) is 0 Å². The van der Waals surface area contributed by atoms with Crippen molar-refractivity contribution in [1.82, 2.24) is 14.8 Å². The van der Waals surface area contributed by atoms with Crippen LogP contribution in [0, 0.1) is 0 Å². The van der Waals surface area contributed by atoms with E-state index in [-0.39, 0.29) is 5.91 Å². The van der Waals surface area contributed by atoms with E-state index in [0.717, 1.165) is 27.9 Å². The Kier molecular flexibility index (Phi) is 5.21. The van der Waals surface area contributed by atoms with Crippen LogP contribution in [0.4, 0.5) is 10.8 Å². The maximum absolute atomic E-state index is 13.2. The van der Waals surface area contributed by atoms with Gasteiger partial charge >= 0.3 is 0 Å². The minimum atomic E-state index is 0.0344. The summed E-state index contributed by atoms with van der Waals surface area (Å²) in [6.07, 6.45) is 5.78. The molecule has 0 unspecified atom stereocenters. The van der Waals surface area contributed by atoms with Crippen molar-refractivity contribution in [1.29, 1.82) is 0 Å². The second-order valence-electron chi connectivity index (χ2n) is 6.74. The van der Waals surface area contributed by atoms with Crippen LogP contribution in [0.2, 0.25) is 0 Å². The number of carbonyl (C=O) groups excluding carboxylic acids is 1. The van der Waals surface area contributed by atoms with Gasteiger partial charge in [0.25, 0.3) is 0 Å². The number of benzene rings is 2. The first-order valence-corrected chi connectivity index (χ1v) is 10.2. The van der Waals surface area contributed by atoms with Crippen molar-refractivity contribution in [3.05, 3.63) is 72.1 Å². The van der Waals surface area contributed by atoms with Crippen LogP contribution < -0.4 is 4.90 Å². The van der Waals surface area contributed by atoms with Crippen molar-refractivity contribution >= 4 is 38.3 Å². The van der Waals surface area contributed by atoms with Crippen molar-refractivity contribution < 1.29 is 4.79 Å². The predicted molar refractivity (Wildman–Crippen MR) is 114 cm³/mol. The Balaban J connectivity index is 1.66. The number of carbonyl (C=O) groups is 1. The lowest BCUT2D eigenvalue weighted by Gasteiger charge is -2.20. The second-order valence-corrected chi connectivity index (χ2v) is 7.74. The number of hydrogen-bond donors (Lipinski definition) is 0. The summed E-state index contributed by atoms with van der Waals surface area (Å²) in [5.74, 6) is 0.0344. The van der Waals surface area contributed by atoms with Crippen LogP contribution in [0.15, 0.2) is 60.9 Å². The average molecular weight is 391 g/mol. The Morgan fingerprint density at radius 2 is 1.89 bits per heavy atom. The van der Waals surface area contributed by atoms with Gasteiger partial charge in [-0.3, -0.25) is 14.4 Å². The Hall–Kier alpha value is -2.99. The van der Waals surface area contributed by atoms with Crippen LogP contribution in [-0.4, -0.2) is 20.7 Å². The molecule has 4 aromatic rings. The molecule has 0 aliphatic heterocycles. The maximum atomic E-state index is 13.2. The molecule has 0 aliphatic rings. The third-order valence-corrected chi connectivity index (χ3v) is 5.73. The fourth-order valence-corrected chi connectivity index (χ4v) is 4.17. The molecule has 0 fully saturated rings. The van der Waals surface area contributed by atoms with Crippen LogP contribution >= 0.6 is 11.3 Å².